The van der Waals surface area contributed by atoms with Crippen molar-refractivity contribution < 1.29 is 0 Å². The molecule has 1 N–H and O–H groups in total. The van der Waals surface area contributed by atoms with Crippen LogP contribution in [-0.4, -0.2) is 22.1 Å². The predicted molar refractivity (Wildman–Crippen MR) is 64.0 cm³/mol. The van der Waals surface area contributed by atoms with Crippen molar-refractivity contribution in [1.29, 1.82) is 0 Å². The van der Waals surface area contributed by atoms with Crippen LogP contribution in [0.25, 0.3) is 0 Å². The molecule has 3 heteroatoms. The lowest BCUT2D eigenvalue weighted by molar-refractivity contribution is 0.357. The van der Waals surface area contributed by atoms with Crippen molar-refractivity contribution in [3.63, 3.8) is 0 Å². The van der Waals surface area contributed by atoms with Gasteiger partial charge in [0.05, 0.1) is 0 Å². The lowest BCUT2D eigenvalue weighted by atomic mass is 10.1. The van der Waals surface area contributed by atoms with Gasteiger partial charge in [0, 0.05) is 24.5 Å². The first-order valence-electron chi connectivity index (χ1n) is 5.93. The molecule has 86 valence electrons. The minimum absolute atomic E-state index is 0.476. The number of nitrogens with one attached hydrogen (secondary N) is 1. The van der Waals surface area contributed by atoms with Gasteiger partial charge < -0.3 is 9.88 Å². The van der Waals surface area contributed by atoms with Gasteiger partial charge in [-0.2, -0.15) is 0 Å². The molecule has 1 rings (SSSR count). The zero-order valence-electron chi connectivity index (χ0n) is 10.3. The summed E-state index contributed by atoms with van der Waals surface area (Å²) < 4.78 is 2.25. The first kappa shape index (κ1) is 12.2. The van der Waals surface area contributed by atoms with Gasteiger partial charge in [0.25, 0.3) is 0 Å². The monoisotopic (exact) mass is 209 g/mol. The Bertz CT molecular complexity index is 280. The average molecular weight is 209 g/mol. The molecule has 1 aromatic rings. The van der Waals surface area contributed by atoms with Crippen molar-refractivity contribution in [1.82, 2.24) is 14.9 Å². The summed E-state index contributed by atoms with van der Waals surface area (Å²) in [6.07, 6.45) is 6.28. The molecule has 1 heterocycles. The fourth-order valence-electron chi connectivity index (χ4n) is 2.00. The zero-order chi connectivity index (χ0) is 11.3. The summed E-state index contributed by atoms with van der Waals surface area (Å²) in [7, 11) is 0. The van der Waals surface area contributed by atoms with Crippen LogP contribution in [0, 0.1) is 6.92 Å². The van der Waals surface area contributed by atoms with Crippen molar-refractivity contribution in [2.75, 3.05) is 6.54 Å². The van der Waals surface area contributed by atoms with Crippen molar-refractivity contribution in [3.05, 3.63) is 18.2 Å². The predicted octanol–water partition coefficient (Wildman–Crippen LogP) is 2.53. The van der Waals surface area contributed by atoms with Gasteiger partial charge in [-0.05, 0) is 33.2 Å². The molecule has 0 bridgehead atoms. The van der Waals surface area contributed by atoms with Gasteiger partial charge in [0.2, 0.25) is 0 Å². The van der Waals surface area contributed by atoms with Crippen LogP contribution < -0.4 is 5.32 Å². The van der Waals surface area contributed by atoms with Crippen LogP contribution in [0.1, 0.15) is 45.5 Å². The van der Waals surface area contributed by atoms with E-state index < -0.39 is 0 Å². The first-order chi connectivity index (χ1) is 7.20. The van der Waals surface area contributed by atoms with Gasteiger partial charge >= 0.3 is 0 Å². The summed E-state index contributed by atoms with van der Waals surface area (Å²) in [5.41, 5.74) is 0. The molecule has 0 saturated heterocycles. The van der Waals surface area contributed by atoms with Gasteiger partial charge in [-0.1, -0.05) is 13.8 Å². The second kappa shape index (κ2) is 5.91. The summed E-state index contributed by atoms with van der Waals surface area (Å²) >= 11 is 0. The molecule has 3 nitrogen and oxygen atoms in total. The third kappa shape index (κ3) is 3.06. The van der Waals surface area contributed by atoms with Crippen LogP contribution in [0.4, 0.5) is 0 Å². The molecule has 0 fully saturated rings. The summed E-state index contributed by atoms with van der Waals surface area (Å²) in [5, 5.41) is 3.59. The van der Waals surface area contributed by atoms with E-state index in [4.69, 9.17) is 0 Å². The maximum Gasteiger partial charge on any atom is 0.105 e. The highest BCUT2D eigenvalue weighted by atomic mass is 15.1. The third-order valence-corrected chi connectivity index (χ3v) is 2.98. The Kier molecular flexibility index (Phi) is 4.82. The number of hydrogen-bond donors (Lipinski definition) is 1. The van der Waals surface area contributed by atoms with Gasteiger partial charge in [-0.15, -0.1) is 0 Å². The van der Waals surface area contributed by atoms with Crippen LogP contribution in [0.3, 0.4) is 0 Å². The van der Waals surface area contributed by atoms with Crippen LogP contribution in [0.15, 0.2) is 12.4 Å². The normalized spacial score (nSPS) is 15.2. The molecule has 0 amide bonds. The molecule has 2 atom stereocenters. The summed E-state index contributed by atoms with van der Waals surface area (Å²) in [6, 6.07) is 1.02. The molecule has 0 saturated carbocycles. The standard InChI is InChI=1S/C12H23N3/c1-5-7-14-12(6-2)10(3)15-9-8-13-11(15)4/h8-10,12,14H,5-7H2,1-4H3. The lowest BCUT2D eigenvalue weighted by Crippen LogP contribution is -2.36. The Hall–Kier alpha value is -0.830. The molecule has 0 aliphatic carbocycles. The third-order valence-electron chi connectivity index (χ3n) is 2.98. The van der Waals surface area contributed by atoms with Crippen molar-refractivity contribution >= 4 is 0 Å². The Morgan fingerprint density at radius 2 is 2.20 bits per heavy atom. The van der Waals surface area contributed by atoms with Gasteiger partial charge in [-0.3, -0.25) is 0 Å². The van der Waals surface area contributed by atoms with E-state index in [0.717, 1.165) is 18.8 Å². The molecular formula is C12H23N3. The van der Waals surface area contributed by atoms with E-state index in [0.29, 0.717) is 12.1 Å². The van der Waals surface area contributed by atoms with Crippen molar-refractivity contribution in [3.8, 4) is 0 Å². The average Bonchev–Trinajstić information content (AvgIpc) is 2.65. The van der Waals surface area contributed by atoms with Crippen LogP contribution in [-0.2, 0) is 0 Å². The molecule has 2 unspecified atom stereocenters. The number of imidazole rings is 1. The smallest absolute Gasteiger partial charge is 0.105 e. The number of nitrogens with zero attached hydrogens (tertiary/aromatic N) is 2. The highest BCUT2D eigenvalue weighted by Gasteiger charge is 2.16. The van der Waals surface area contributed by atoms with Crippen LogP contribution in [0.2, 0.25) is 0 Å². The van der Waals surface area contributed by atoms with E-state index >= 15 is 0 Å². The Balaban J connectivity index is 2.64. The minimum Gasteiger partial charge on any atom is -0.331 e. The maximum atomic E-state index is 4.27. The Labute approximate surface area is 92.9 Å². The summed E-state index contributed by atoms with van der Waals surface area (Å²) in [4.78, 5) is 4.27. The van der Waals surface area contributed by atoms with Crippen LogP contribution >= 0.6 is 0 Å². The largest absolute Gasteiger partial charge is 0.331 e. The highest BCUT2D eigenvalue weighted by Crippen LogP contribution is 2.15. The van der Waals surface area contributed by atoms with E-state index in [2.05, 4.69) is 48.8 Å². The molecule has 1 aromatic heterocycles. The molecule has 0 radical (unpaired) electrons. The molecule has 0 aliphatic rings. The number of rotatable bonds is 6. The topological polar surface area (TPSA) is 29.9 Å². The minimum atomic E-state index is 0.476. The Morgan fingerprint density at radius 3 is 2.67 bits per heavy atom. The fourth-order valence-corrected chi connectivity index (χ4v) is 2.00. The Morgan fingerprint density at radius 1 is 1.47 bits per heavy atom. The fraction of sp³-hybridized carbons (Fsp3) is 0.750. The van der Waals surface area contributed by atoms with E-state index in [1.807, 2.05) is 6.20 Å². The quantitative estimate of drug-likeness (QED) is 0.780. The summed E-state index contributed by atoms with van der Waals surface area (Å²) in [6.45, 7) is 9.84. The SMILES string of the molecule is CCCNC(CC)C(C)n1ccnc1C. The number of aromatic nitrogens is 2. The van der Waals surface area contributed by atoms with Gasteiger partial charge in [0.1, 0.15) is 5.82 Å². The number of aryl methyl sites for hydroxylation is 1. The van der Waals surface area contributed by atoms with E-state index in [1.54, 1.807) is 0 Å². The van der Waals surface area contributed by atoms with Crippen molar-refractivity contribution in [2.45, 2.75) is 52.6 Å². The van der Waals surface area contributed by atoms with E-state index in [-0.39, 0.29) is 0 Å². The summed E-state index contributed by atoms with van der Waals surface area (Å²) in [5.74, 6) is 1.10. The molecule has 15 heavy (non-hydrogen) atoms. The molecule has 0 aliphatic heterocycles. The second-order valence-electron chi connectivity index (χ2n) is 4.09. The lowest BCUT2D eigenvalue weighted by Gasteiger charge is -2.26. The first-order valence-corrected chi connectivity index (χ1v) is 5.93. The maximum absolute atomic E-state index is 4.27. The van der Waals surface area contributed by atoms with Gasteiger partial charge in [0.15, 0.2) is 0 Å². The zero-order valence-corrected chi connectivity index (χ0v) is 10.3. The second-order valence-corrected chi connectivity index (χ2v) is 4.09. The highest BCUT2D eigenvalue weighted by molar-refractivity contribution is 4.94. The van der Waals surface area contributed by atoms with E-state index in [1.165, 1.54) is 6.42 Å². The molecular weight excluding hydrogens is 186 g/mol. The molecule has 0 aromatic carbocycles. The molecule has 0 spiro atoms. The van der Waals surface area contributed by atoms with E-state index in [9.17, 15) is 0 Å². The number of hydrogen-bond acceptors (Lipinski definition) is 2. The van der Waals surface area contributed by atoms with Gasteiger partial charge in [-0.25, -0.2) is 4.98 Å². The van der Waals surface area contributed by atoms with Crippen LogP contribution in [0.5, 0.6) is 0 Å². The van der Waals surface area contributed by atoms with Crippen molar-refractivity contribution in [2.24, 2.45) is 0 Å².